The maximum absolute atomic E-state index is 13.2. The van der Waals surface area contributed by atoms with Gasteiger partial charge in [0, 0.05) is 22.4 Å². The fourth-order valence-electron chi connectivity index (χ4n) is 3.75. The van der Waals surface area contributed by atoms with E-state index in [0.29, 0.717) is 22.3 Å². The van der Waals surface area contributed by atoms with Gasteiger partial charge in [-0.3, -0.25) is 4.79 Å². The van der Waals surface area contributed by atoms with E-state index in [1.807, 2.05) is 25.6 Å². The van der Waals surface area contributed by atoms with Gasteiger partial charge in [-0.25, -0.2) is 9.18 Å². The number of benzene rings is 1. The van der Waals surface area contributed by atoms with E-state index in [1.54, 1.807) is 6.07 Å². The normalized spacial score (nSPS) is 24.3. The Morgan fingerprint density at radius 2 is 2.15 bits per heavy atom. The lowest BCUT2D eigenvalue weighted by atomic mass is 9.93. The summed E-state index contributed by atoms with van der Waals surface area (Å²) in [6, 6.07) is 4.58. The molecule has 3 atom stereocenters. The van der Waals surface area contributed by atoms with E-state index in [-0.39, 0.29) is 24.0 Å². The minimum Gasteiger partial charge on any atom is -0.347 e. The van der Waals surface area contributed by atoms with Crippen LogP contribution in [0.15, 0.2) is 18.2 Å². The number of urea groups is 1. The molecule has 0 aromatic heterocycles. The molecule has 2 heterocycles. The first-order chi connectivity index (χ1) is 12.8. The van der Waals surface area contributed by atoms with E-state index < -0.39 is 11.4 Å². The maximum Gasteiger partial charge on any atom is 0.315 e. The molecule has 2 fully saturated rings. The van der Waals surface area contributed by atoms with E-state index in [4.69, 9.17) is 11.6 Å². The minimum atomic E-state index is -0.670. The SMILES string of the molecule is CC(C)(NC(=O)CCCC[C@@H]1SC[C@@H]2NC(=O)N[C@@H]21)c1ccc(F)cc1Cl. The number of carbonyl (C=O) groups is 2. The van der Waals surface area contributed by atoms with Crippen molar-refractivity contribution in [2.45, 2.75) is 62.4 Å². The summed E-state index contributed by atoms with van der Waals surface area (Å²) in [5.41, 5.74) is 0.0210. The lowest BCUT2D eigenvalue weighted by molar-refractivity contribution is -0.122. The van der Waals surface area contributed by atoms with Gasteiger partial charge in [0.25, 0.3) is 0 Å². The molecule has 2 aliphatic rings. The maximum atomic E-state index is 13.2. The summed E-state index contributed by atoms with van der Waals surface area (Å²) in [6.45, 7) is 3.71. The van der Waals surface area contributed by atoms with Crippen LogP contribution in [0.1, 0.15) is 45.1 Å². The Labute approximate surface area is 168 Å². The number of nitrogens with one attached hydrogen (secondary N) is 3. The molecule has 2 saturated heterocycles. The number of thioether (sulfide) groups is 1. The Kier molecular flexibility index (Phi) is 6.21. The predicted molar refractivity (Wildman–Crippen MR) is 107 cm³/mol. The van der Waals surface area contributed by atoms with E-state index in [1.165, 1.54) is 12.1 Å². The second-order valence-corrected chi connectivity index (χ2v) is 9.34. The predicted octanol–water partition coefficient (Wildman–Crippen LogP) is 3.56. The van der Waals surface area contributed by atoms with E-state index >= 15 is 0 Å². The van der Waals surface area contributed by atoms with Gasteiger partial charge in [-0.15, -0.1) is 0 Å². The summed E-state index contributed by atoms with van der Waals surface area (Å²) < 4.78 is 13.2. The molecule has 3 rings (SSSR count). The Hall–Kier alpha value is -1.47. The van der Waals surface area contributed by atoms with Crippen molar-refractivity contribution < 1.29 is 14.0 Å². The van der Waals surface area contributed by atoms with Crippen molar-refractivity contribution in [3.05, 3.63) is 34.6 Å². The van der Waals surface area contributed by atoms with Crippen molar-refractivity contribution in [2.24, 2.45) is 0 Å². The molecule has 2 aliphatic heterocycles. The highest BCUT2D eigenvalue weighted by atomic mass is 35.5. The van der Waals surface area contributed by atoms with Crippen LogP contribution in [0.2, 0.25) is 5.02 Å². The smallest absolute Gasteiger partial charge is 0.315 e. The zero-order valence-corrected chi connectivity index (χ0v) is 17.1. The first kappa shape index (κ1) is 20.3. The average Bonchev–Trinajstić information content (AvgIpc) is 3.10. The lowest BCUT2D eigenvalue weighted by Gasteiger charge is -2.28. The summed E-state index contributed by atoms with van der Waals surface area (Å²) >= 11 is 8.01. The van der Waals surface area contributed by atoms with Gasteiger partial charge in [0.05, 0.1) is 17.6 Å². The van der Waals surface area contributed by atoms with Gasteiger partial charge in [-0.1, -0.05) is 24.1 Å². The number of hydrogen-bond acceptors (Lipinski definition) is 3. The largest absolute Gasteiger partial charge is 0.347 e. The Bertz CT molecular complexity index is 731. The summed E-state index contributed by atoms with van der Waals surface area (Å²) in [7, 11) is 0. The Balaban J connectivity index is 1.42. The number of halogens is 2. The van der Waals surface area contributed by atoms with Crippen LogP contribution in [0.4, 0.5) is 9.18 Å². The molecule has 3 N–H and O–H groups in total. The molecule has 0 saturated carbocycles. The molecule has 0 radical (unpaired) electrons. The van der Waals surface area contributed by atoms with Crippen molar-refractivity contribution in [2.75, 3.05) is 5.75 Å². The van der Waals surface area contributed by atoms with Crippen molar-refractivity contribution in [3.63, 3.8) is 0 Å². The fraction of sp³-hybridized carbons (Fsp3) is 0.579. The van der Waals surface area contributed by atoms with Crippen LogP contribution >= 0.6 is 23.4 Å². The van der Waals surface area contributed by atoms with Crippen LogP contribution in [0.3, 0.4) is 0 Å². The third-order valence-corrected chi connectivity index (χ3v) is 6.96. The van der Waals surface area contributed by atoms with E-state index in [0.717, 1.165) is 25.0 Å². The third kappa shape index (κ3) is 4.88. The van der Waals surface area contributed by atoms with Gasteiger partial charge in [-0.05, 0) is 44.4 Å². The van der Waals surface area contributed by atoms with Gasteiger partial charge >= 0.3 is 6.03 Å². The first-order valence-electron chi connectivity index (χ1n) is 9.21. The minimum absolute atomic E-state index is 0.0480. The molecule has 0 bridgehead atoms. The highest BCUT2D eigenvalue weighted by molar-refractivity contribution is 8.00. The van der Waals surface area contributed by atoms with Crippen LogP contribution < -0.4 is 16.0 Å². The van der Waals surface area contributed by atoms with Crippen molar-refractivity contribution in [1.82, 2.24) is 16.0 Å². The molecule has 1 aromatic rings. The number of hydrogen-bond donors (Lipinski definition) is 3. The molecule has 0 unspecified atom stereocenters. The van der Waals surface area contributed by atoms with Gasteiger partial charge < -0.3 is 16.0 Å². The van der Waals surface area contributed by atoms with Gasteiger partial charge in [0.2, 0.25) is 5.91 Å². The Morgan fingerprint density at radius 1 is 1.37 bits per heavy atom. The van der Waals surface area contributed by atoms with Gasteiger partial charge in [-0.2, -0.15) is 11.8 Å². The number of amides is 3. The molecular weight excluding hydrogens is 389 g/mol. The topological polar surface area (TPSA) is 70.2 Å². The van der Waals surface area contributed by atoms with Crippen molar-refractivity contribution in [3.8, 4) is 0 Å². The second kappa shape index (κ2) is 8.27. The van der Waals surface area contributed by atoms with Gasteiger partial charge in [0.15, 0.2) is 0 Å². The summed E-state index contributed by atoms with van der Waals surface area (Å²) in [5, 5.41) is 9.62. The molecule has 0 aliphatic carbocycles. The zero-order valence-electron chi connectivity index (χ0n) is 15.5. The Morgan fingerprint density at radius 3 is 2.89 bits per heavy atom. The van der Waals surface area contributed by atoms with Gasteiger partial charge in [0.1, 0.15) is 5.82 Å². The summed E-state index contributed by atoms with van der Waals surface area (Å²) in [5.74, 6) is 0.501. The first-order valence-corrected chi connectivity index (χ1v) is 10.6. The summed E-state index contributed by atoms with van der Waals surface area (Å²) in [6.07, 6.45) is 3.13. The van der Waals surface area contributed by atoms with Crippen LogP contribution in [0.5, 0.6) is 0 Å². The van der Waals surface area contributed by atoms with Crippen LogP contribution in [-0.4, -0.2) is 35.0 Å². The quantitative estimate of drug-likeness (QED) is 0.473. The third-order valence-electron chi connectivity index (χ3n) is 5.14. The monoisotopic (exact) mass is 413 g/mol. The second-order valence-electron chi connectivity index (χ2n) is 7.66. The fourth-order valence-corrected chi connectivity index (χ4v) is 5.70. The zero-order chi connectivity index (χ0) is 19.6. The van der Waals surface area contributed by atoms with E-state index in [9.17, 15) is 14.0 Å². The molecule has 148 valence electrons. The number of carbonyl (C=O) groups excluding carboxylic acids is 2. The number of unbranched alkanes of at least 4 members (excludes halogenated alkanes) is 1. The molecule has 8 heteroatoms. The molecule has 3 amide bonds. The van der Waals surface area contributed by atoms with E-state index in [2.05, 4.69) is 16.0 Å². The van der Waals surface area contributed by atoms with Crippen LogP contribution in [0.25, 0.3) is 0 Å². The number of fused-ring (bicyclic) bond motifs is 1. The summed E-state index contributed by atoms with van der Waals surface area (Å²) in [4.78, 5) is 23.7. The average molecular weight is 414 g/mol. The van der Waals surface area contributed by atoms with Crippen LogP contribution in [-0.2, 0) is 10.3 Å². The number of rotatable bonds is 7. The molecule has 0 spiro atoms. The standard InChI is InChI=1S/C19H25ClFN3O2S/c1-19(2,12-8-7-11(21)9-13(12)20)24-16(25)6-4-3-5-15-17-14(10-27-15)22-18(26)23-17/h7-9,14-15,17H,3-6,10H2,1-2H3,(H,24,25)(H2,22,23,26)/t14-,15-,17-/m0/s1. The molecule has 5 nitrogen and oxygen atoms in total. The van der Waals surface area contributed by atoms with Crippen molar-refractivity contribution >= 4 is 35.3 Å². The van der Waals surface area contributed by atoms with Crippen LogP contribution in [0, 0.1) is 5.82 Å². The molecule has 1 aromatic carbocycles. The molecule has 27 heavy (non-hydrogen) atoms. The molecular formula is C19H25ClFN3O2S. The highest BCUT2D eigenvalue weighted by Crippen LogP contribution is 2.33. The lowest BCUT2D eigenvalue weighted by Crippen LogP contribution is -2.41. The van der Waals surface area contributed by atoms with Crippen molar-refractivity contribution in [1.29, 1.82) is 0 Å². The highest BCUT2D eigenvalue weighted by Gasteiger charge is 2.42.